The van der Waals surface area contributed by atoms with Gasteiger partial charge in [-0.2, -0.15) is 0 Å². The monoisotopic (exact) mass is 213 g/mol. The van der Waals surface area contributed by atoms with Gasteiger partial charge in [0.25, 0.3) is 0 Å². The van der Waals surface area contributed by atoms with Crippen LogP contribution >= 0.6 is 0 Å². The normalized spacial score (nSPS) is 23.6. The molecule has 0 saturated heterocycles. The van der Waals surface area contributed by atoms with E-state index in [4.69, 9.17) is 5.73 Å². The topological polar surface area (TPSA) is 46.2 Å². The molecule has 2 aromatic rings. The molecule has 1 aliphatic rings. The van der Waals surface area contributed by atoms with Gasteiger partial charge >= 0.3 is 0 Å². The van der Waals surface area contributed by atoms with Gasteiger partial charge in [0.1, 0.15) is 5.75 Å². The summed E-state index contributed by atoms with van der Waals surface area (Å²) >= 11 is 0. The van der Waals surface area contributed by atoms with E-state index in [9.17, 15) is 5.11 Å². The summed E-state index contributed by atoms with van der Waals surface area (Å²) in [5.74, 6) is 1.42. The molecular formula is C14H15NO. The van der Waals surface area contributed by atoms with Gasteiger partial charge in [-0.05, 0) is 41.6 Å². The molecule has 0 heterocycles. The molecule has 2 atom stereocenters. The Morgan fingerprint density at radius 3 is 2.75 bits per heavy atom. The van der Waals surface area contributed by atoms with Gasteiger partial charge < -0.3 is 10.8 Å². The van der Waals surface area contributed by atoms with Crippen molar-refractivity contribution in [2.75, 3.05) is 6.54 Å². The van der Waals surface area contributed by atoms with Gasteiger partial charge in [0.15, 0.2) is 0 Å². The summed E-state index contributed by atoms with van der Waals surface area (Å²) in [5, 5.41) is 12.4. The fourth-order valence-electron chi connectivity index (χ4n) is 2.54. The van der Waals surface area contributed by atoms with E-state index in [1.807, 2.05) is 18.2 Å². The van der Waals surface area contributed by atoms with Crippen molar-refractivity contribution in [3.8, 4) is 5.75 Å². The average molecular weight is 213 g/mol. The number of rotatable bonds is 2. The highest BCUT2D eigenvalue weighted by molar-refractivity contribution is 5.88. The van der Waals surface area contributed by atoms with Gasteiger partial charge in [0.2, 0.25) is 0 Å². The van der Waals surface area contributed by atoms with E-state index in [-0.39, 0.29) is 0 Å². The zero-order chi connectivity index (χ0) is 11.1. The van der Waals surface area contributed by atoms with Gasteiger partial charge in [0.05, 0.1) is 0 Å². The van der Waals surface area contributed by atoms with Crippen molar-refractivity contribution < 1.29 is 5.11 Å². The molecule has 1 aliphatic carbocycles. The third-order valence-electron chi connectivity index (χ3n) is 3.54. The zero-order valence-electron chi connectivity index (χ0n) is 9.06. The number of benzene rings is 2. The molecule has 0 radical (unpaired) electrons. The SMILES string of the molecule is NCC1CC1c1c(O)ccc2ccccc12. The summed E-state index contributed by atoms with van der Waals surface area (Å²) in [6, 6.07) is 12.0. The maximum absolute atomic E-state index is 9.99. The van der Waals surface area contributed by atoms with Crippen LogP contribution in [0.2, 0.25) is 0 Å². The van der Waals surface area contributed by atoms with Gasteiger partial charge in [0, 0.05) is 5.56 Å². The summed E-state index contributed by atoms with van der Waals surface area (Å²) < 4.78 is 0. The predicted molar refractivity (Wildman–Crippen MR) is 65.5 cm³/mol. The lowest BCUT2D eigenvalue weighted by atomic mass is 9.99. The molecule has 2 aromatic carbocycles. The first-order valence-corrected chi connectivity index (χ1v) is 5.72. The fraction of sp³-hybridized carbons (Fsp3) is 0.286. The van der Waals surface area contributed by atoms with Crippen LogP contribution in [0.4, 0.5) is 0 Å². The molecule has 0 bridgehead atoms. The van der Waals surface area contributed by atoms with Gasteiger partial charge in [-0.1, -0.05) is 30.3 Å². The van der Waals surface area contributed by atoms with E-state index >= 15 is 0 Å². The Hall–Kier alpha value is -1.54. The largest absolute Gasteiger partial charge is 0.508 e. The van der Waals surface area contributed by atoms with Gasteiger partial charge in [-0.25, -0.2) is 0 Å². The van der Waals surface area contributed by atoms with E-state index in [0.717, 1.165) is 12.0 Å². The molecule has 2 unspecified atom stereocenters. The molecule has 0 spiro atoms. The third kappa shape index (κ3) is 1.38. The van der Waals surface area contributed by atoms with Crippen LogP contribution in [0.15, 0.2) is 36.4 Å². The predicted octanol–water partition coefficient (Wildman–Crippen LogP) is 2.61. The maximum atomic E-state index is 9.99. The van der Waals surface area contributed by atoms with Crippen molar-refractivity contribution in [2.24, 2.45) is 11.7 Å². The first kappa shape index (κ1) is 9.67. The summed E-state index contributed by atoms with van der Waals surface area (Å²) in [7, 11) is 0. The lowest BCUT2D eigenvalue weighted by Crippen LogP contribution is -2.02. The highest BCUT2D eigenvalue weighted by Gasteiger charge is 2.39. The summed E-state index contributed by atoms with van der Waals surface area (Å²) in [6.07, 6.45) is 1.11. The Morgan fingerprint density at radius 2 is 2.00 bits per heavy atom. The molecule has 0 amide bonds. The van der Waals surface area contributed by atoms with Crippen molar-refractivity contribution in [1.82, 2.24) is 0 Å². The van der Waals surface area contributed by atoms with Crippen LogP contribution < -0.4 is 5.73 Å². The Kier molecular flexibility index (Phi) is 2.11. The molecule has 3 N–H and O–H groups in total. The number of hydrogen-bond acceptors (Lipinski definition) is 2. The van der Waals surface area contributed by atoms with Crippen LogP contribution in [0.25, 0.3) is 10.8 Å². The first-order valence-electron chi connectivity index (χ1n) is 5.72. The Balaban J connectivity index is 2.18. The van der Waals surface area contributed by atoms with Crippen LogP contribution in [0.1, 0.15) is 17.9 Å². The molecule has 16 heavy (non-hydrogen) atoms. The standard InChI is InChI=1S/C14H15NO/c15-8-10-7-12(10)14-11-4-2-1-3-9(11)5-6-13(14)16/h1-6,10,12,16H,7-8,15H2. The van der Waals surface area contributed by atoms with Crippen molar-refractivity contribution >= 4 is 10.8 Å². The molecule has 3 rings (SSSR count). The minimum absolute atomic E-state index is 0.416. The highest BCUT2D eigenvalue weighted by atomic mass is 16.3. The van der Waals surface area contributed by atoms with E-state index in [1.165, 1.54) is 10.8 Å². The molecular weight excluding hydrogens is 198 g/mol. The van der Waals surface area contributed by atoms with Crippen LogP contribution in [0.5, 0.6) is 5.75 Å². The second-order valence-corrected chi connectivity index (χ2v) is 4.56. The Morgan fingerprint density at radius 1 is 1.19 bits per heavy atom. The second-order valence-electron chi connectivity index (χ2n) is 4.56. The van der Waals surface area contributed by atoms with Crippen molar-refractivity contribution in [3.63, 3.8) is 0 Å². The van der Waals surface area contributed by atoms with Crippen LogP contribution in [-0.2, 0) is 0 Å². The quantitative estimate of drug-likeness (QED) is 0.805. The first-order chi connectivity index (χ1) is 7.81. The Labute approximate surface area is 94.7 Å². The number of aromatic hydroxyl groups is 1. The van der Waals surface area contributed by atoms with Crippen molar-refractivity contribution in [1.29, 1.82) is 0 Å². The number of phenols is 1. The minimum Gasteiger partial charge on any atom is -0.508 e. The molecule has 2 nitrogen and oxygen atoms in total. The van der Waals surface area contributed by atoms with Gasteiger partial charge in [-0.15, -0.1) is 0 Å². The van der Waals surface area contributed by atoms with Crippen LogP contribution in [-0.4, -0.2) is 11.7 Å². The fourth-order valence-corrected chi connectivity index (χ4v) is 2.54. The van der Waals surface area contributed by atoms with Crippen molar-refractivity contribution in [2.45, 2.75) is 12.3 Å². The molecule has 82 valence electrons. The third-order valence-corrected chi connectivity index (χ3v) is 3.54. The lowest BCUT2D eigenvalue weighted by molar-refractivity contribution is 0.468. The molecule has 0 aromatic heterocycles. The summed E-state index contributed by atoms with van der Waals surface area (Å²) in [6.45, 7) is 0.716. The van der Waals surface area contributed by atoms with E-state index in [2.05, 4.69) is 12.1 Å². The zero-order valence-corrected chi connectivity index (χ0v) is 9.06. The molecule has 2 heteroatoms. The van der Waals surface area contributed by atoms with E-state index < -0.39 is 0 Å². The van der Waals surface area contributed by atoms with E-state index in [1.54, 1.807) is 6.07 Å². The number of nitrogens with two attached hydrogens (primary N) is 1. The van der Waals surface area contributed by atoms with E-state index in [0.29, 0.717) is 24.1 Å². The Bertz CT molecular complexity index is 535. The highest BCUT2D eigenvalue weighted by Crippen LogP contribution is 2.51. The molecule has 0 aliphatic heterocycles. The summed E-state index contributed by atoms with van der Waals surface area (Å²) in [4.78, 5) is 0. The lowest BCUT2D eigenvalue weighted by Gasteiger charge is -2.08. The maximum Gasteiger partial charge on any atom is 0.119 e. The van der Waals surface area contributed by atoms with Crippen LogP contribution in [0.3, 0.4) is 0 Å². The van der Waals surface area contributed by atoms with Crippen molar-refractivity contribution in [3.05, 3.63) is 42.0 Å². The smallest absolute Gasteiger partial charge is 0.119 e. The number of phenolic OH excluding ortho intramolecular Hbond substituents is 1. The van der Waals surface area contributed by atoms with Gasteiger partial charge in [-0.3, -0.25) is 0 Å². The molecule has 1 saturated carbocycles. The average Bonchev–Trinajstić information content (AvgIpc) is 3.08. The number of hydrogen-bond donors (Lipinski definition) is 2. The summed E-state index contributed by atoms with van der Waals surface area (Å²) in [5.41, 5.74) is 6.77. The molecule has 1 fully saturated rings. The van der Waals surface area contributed by atoms with Crippen LogP contribution in [0, 0.1) is 5.92 Å². The minimum atomic E-state index is 0.416. The number of fused-ring (bicyclic) bond motifs is 1. The second kappa shape index (κ2) is 3.49.